The van der Waals surface area contributed by atoms with Crippen LogP contribution in [0.25, 0.3) is 0 Å². The summed E-state index contributed by atoms with van der Waals surface area (Å²) in [4.78, 5) is 2.37. The van der Waals surface area contributed by atoms with Crippen molar-refractivity contribution >= 4 is 0 Å². The van der Waals surface area contributed by atoms with E-state index in [-0.39, 0.29) is 24.8 Å². The zero-order chi connectivity index (χ0) is 18.1. The van der Waals surface area contributed by atoms with E-state index in [4.69, 9.17) is 14.2 Å². The summed E-state index contributed by atoms with van der Waals surface area (Å²) in [5.74, 6) is 1.52. The summed E-state index contributed by atoms with van der Waals surface area (Å²) in [5.41, 5.74) is 3.62. The monoisotopic (exact) mass is 355 g/mol. The summed E-state index contributed by atoms with van der Waals surface area (Å²) in [5, 5.41) is 9.98. The van der Waals surface area contributed by atoms with Crippen LogP contribution in [-0.4, -0.2) is 44.0 Å². The van der Waals surface area contributed by atoms with E-state index in [1.165, 1.54) is 11.1 Å². The molecule has 0 aliphatic carbocycles. The highest BCUT2D eigenvalue weighted by Crippen LogP contribution is 2.47. The predicted molar refractivity (Wildman–Crippen MR) is 98.4 cm³/mol. The second-order valence-electron chi connectivity index (χ2n) is 6.88. The average molecular weight is 355 g/mol. The summed E-state index contributed by atoms with van der Waals surface area (Å²) in [6.45, 7) is 1.50. The van der Waals surface area contributed by atoms with Crippen LogP contribution < -0.4 is 9.47 Å². The molecule has 26 heavy (non-hydrogen) atoms. The van der Waals surface area contributed by atoms with Gasteiger partial charge in [0.15, 0.2) is 11.5 Å². The summed E-state index contributed by atoms with van der Waals surface area (Å²) in [6, 6.07) is 14.5. The van der Waals surface area contributed by atoms with E-state index < -0.39 is 0 Å². The molecule has 5 nitrogen and oxygen atoms in total. The Morgan fingerprint density at radius 2 is 1.85 bits per heavy atom. The number of ether oxygens (including phenoxy) is 3. The summed E-state index contributed by atoms with van der Waals surface area (Å²) < 4.78 is 17.2. The van der Waals surface area contributed by atoms with Crippen LogP contribution in [0.4, 0.5) is 0 Å². The lowest BCUT2D eigenvalue weighted by atomic mass is 9.83. The van der Waals surface area contributed by atoms with Crippen LogP contribution in [0.3, 0.4) is 0 Å². The Kier molecular flexibility index (Phi) is 4.85. The molecule has 1 N–H and O–H groups in total. The van der Waals surface area contributed by atoms with E-state index in [1.807, 2.05) is 18.2 Å². The number of benzene rings is 2. The third-order valence-electron chi connectivity index (χ3n) is 5.50. The van der Waals surface area contributed by atoms with E-state index >= 15 is 0 Å². The normalized spacial score (nSPS) is 25.3. The highest BCUT2D eigenvalue weighted by atomic mass is 16.5. The lowest BCUT2D eigenvalue weighted by Crippen LogP contribution is -2.48. The molecule has 2 aromatic carbocycles. The zero-order valence-corrected chi connectivity index (χ0v) is 15.2. The van der Waals surface area contributed by atoms with Gasteiger partial charge in [0.05, 0.1) is 20.8 Å². The fraction of sp³-hybridized carbons (Fsp3) is 0.429. The van der Waals surface area contributed by atoms with Crippen LogP contribution in [0.15, 0.2) is 42.5 Å². The quantitative estimate of drug-likeness (QED) is 0.914. The Labute approximate surface area is 154 Å². The van der Waals surface area contributed by atoms with Gasteiger partial charge in [-0.25, -0.2) is 0 Å². The molecule has 1 saturated heterocycles. The van der Waals surface area contributed by atoms with Gasteiger partial charge in [0.25, 0.3) is 0 Å². The molecule has 2 aliphatic rings. The molecule has 0 spiro atoms. The van der Waals surface area contributed by atoms with Crippen molar-refractivity contribution in [3.8, 4) is 11.5 Å². The minimum Gasteiger partial charge on any atom is -0.493 e. The highest BCUT2D eigenvalue weighted by molar-refractivity contribution is 5.50. The molecule has 0 saturated carbocycles. The molecule has 0 unspecified atom stereocenters. The number of nitrogens with zero attached hydrogens (tertiary/aromatic N) is 1. The van der Waals surface area contributed by atoms with Gasteiger partial charge in [-0.05, 0) is 35.2 Å². The highest BCUT2D eigenvalue weighted by Gasteiger charge is 2.42. The number of hydrogen-bond donors (Lipinski definition) is 1. The van der Waals surface area contributed by atoms with Gasteiger partial charge in [-0.2, -0.15) is 0 Å². The lowest BCUT2D eigenvalue weighted by molar-refractivity contribution is -0.166. The molecule has 138 valence electrons. The van der Waals surface area contributed by atoms with E-state index in [0.29, 0.717) is 6.61 Å². The Bertz CT molecular complexity index is 764. The van der Waals surface area contributed by atoms with Crippen LogP contribution in [0.5, 0.6) is 11.5 Å². The molecular weight excluding hydrogens is 330 g/mol. The van der Waals surface area contributed by atoms with E-state index in [0.717, 1.165) is 30.0 Å². The van der Waals surface area contributed by atoms with Crippen molar-refractivity contribution in [2.45, 2.75) is 18.7 Å². The van der Waals surface area contributed by atoms with Gasteiger partial charge in [0, 0.05) is 25.1 Å². The topological polar surface area (TPSA) is 51.2 Å². The first-order valence-electron chi connectivity index (χ1n) is 9.04. The van der Waals surface area contributed by atoms with Gasteiger partial charge >= 0.3 is 0 Å². The SMILES string of the molecule is COc1cc2c(cc1OC)[C@H]1[C@H](CO)CO[C@@H](c3ccccc3)N1CC2. The lowest BCUT2D eigenvalue weighted by Gasteiger charge is -2.49. The van der Waals surface area contributed by atoms with Gasteiger partial charge < -0.3 is 19.3 Å². The molecule has 3 atom stereocenters. The van der Waals surface area contributed by atoms with Gasteiger partial charge in [0.1, 0.15) is 6.23 Å². The molecule has 1 fully saturated rings. The van der Waals surface area contributed by atoms with Crippen molar-refractivity contribution in [2.24, 2.45) is 5.92 Å². The minimum atomic E-state index is -0.0924. The van der Waals surface area contributed by atoms with Gasteiger partial charge in [-0.15, -0.1) is 0 Å². The Morgan fingerprint density at radius 1 is 1.12 bits per heavy atom. The minimum absolute atomic E-state index is 0.0344. The van der Waals surface area contributed by atoms with Crippen LogP contribution in [0.2, 0.25) is 0 Å². The van der Waals surface area contributed by atoms with Crippen LogP contribution >= 0.6 is 0 Å². The summed E-state index contributed by atoms with van der Waals surface area (Å²) in [6.07, 6.45) is 0.821. The van der Waals surface area contributed by atoms with Gasteiger partial charge in [0.2, 0.25) is 0 Å². The maximum absolute atomic E-state index is 9.98. The molecule has 0 aromatic heterocycles. The van der Waals surface area contributed by atoms with Crippen LogP contribution in [0, 0.1) is 5.92 Å². The molecule has 0 bridgehead atoms. The predicted octanol–water partition coefficient (Wildman–Crippen LogP) is 2.94. The maximum Gasteiger partial charge on any atom is 0.161 e. The molecular formula is C21H25NO4. The van der Waals surface area contributed by atoms with Crippen molar-refractivity contribution < 1.29 is 19.3 Å². The van der Waals surface area contributed by atoms with Crippen molar-refractivity contribution in [2.75, 3.05) is 34.0 Å². The Balaban J connectivity index is 1.77. The fourth-order valence-electron chi connectivity index (χ4n) is 4.24. The van der Waals surface area contributed by atoms with Gasteiger partial charge in [-0.3, -0.25) is 4.90 Å². The van der Waals surface area contributed by atoms with Crippen molar-refractivity contribution in [1.82, 2.24) is 4.90 Å². The van der Waals surface area contributed by atoms with Crippen molar-refractivity contribution in [3.63, 3.8) is 0 Å². The molecule has 4 rings (SSSR count). The number of rotatable bonds is 4. The Morgan fingerprint density at radius 3 is 2.54 bits per heavy atom. The van der Waals surface area contributed by atoms with Crippen molar-refractivity contribution in [3.05, 3.63) is 59.2 Å². The average Bonchev–Trinajstić information content (AvgIpc) is 2.72. The van der Waals surface area contributed by atoms with E-state index in [2.05, 4.69) is 29.2 Å². The third-order valence-corrected chi connectivity index (χ3v) is 5.50. The number of aliphatic hydroxyl groups excluding tert-OH is 1. The van der Waals surface area contributed by atoms with E-state index in [9.17, 15) is 5.11 Å². The van der Waals surface area contributed by atoms with Crippen LogP contribution in [0.1, 0.15) is 29.0 Å². The molecule has 0 radical (unpaired) electrons. The molecule has 2 aliphatic heterocycles. The van der Waals surface area contributed by atoms with Crippen molar-refractivity contribution in [1.29, 1.82) is 0 Å². The molecule has 2 heterocycles. The summed E-state index contributed by atoms with van der Waals surface area (Å²) >= 11 is 0. The van der Waals surface area contributed by atoms with E-state index in [1.54, 1.807) is 14.2 Å². The fourth-order valence-corrected chi connectivity index (χ4v) is 4.24. The number of methoxy groups -OCH3 is 2. The first kappa shape index (κ1) is 17.3. The van der Waals surface area contributed by atoms with Crippen LogP contribution in [-0.2, 0) is 11.2 Å². The second-order valence-corrected chi connectivity index (χ2v) is 6.88. The Hall–Kier alpha value is -2.08. The molecule has 5 heteroatoms. The standard InChI is InChI=1S/C21H25NO4/c1-24-18-10-15-8-9-22-20(17(15)11-19(18)25-2)16(12-23)13-26-21(22)14-6-4-3-5-7-14/h3-7,10-11,16,20-21,23H,8-9,12-13H2,1-2H3/t16-,20-,21+/m1/s1. The second kappa shape index (κ2) is 7.27. The largest absolute Gasteiger partial charge is 0.493 e. The maximum atomic E-state index is 9.98. The first-order chi connectivity index (χ1) is 12.8. The smallest absolute Gasteiger partial charge is 0.161 e. The first-order valence-corrected chi connectivity index (χ1v) is 9.04. The number of fused-ring (bicyclic) bond motifs is 3. The molecule has 2 aromatic rings. The summed E-state index contributed by atoms with van der Waals surface area (Å²) in [7, 11) is 3.32. The number of aliphatic hydroxyl groups is 1. The zero-order valence-electron chi connectivity index (χ0n) is 15.2. The molecule has 0 amide bonds. The third kappa shape index (κ3) is 2.86. The number of hydrogen-bond acceptors (Lipinski definition) is 5. The van der Waals surface area contributed by atoms with Gasteiger partial charge in [-0.1, -0.05) is 30.3 Å².